The largest absolute Gasteiger partial charge is 0.337 e. The quantitative estimate of drug-likeness (QED) is 0.835. The monoisotopic (exact) mass is 284 g/mol. The molecule has 1 aliphatic heterocycles. The summed E-state index contributed by atoms with van der Waals surface area (Å²) in [5.41, 5.74) is 1.99. The Morgan fingerprint density at radius 2 is 1.57 bits per heavy atom. The summed E-state index contributed by atoms with van der Waals surface area (Å²) in [6, 6.07) is 4.17. The van der Waals surface area contributed by atoms with Gasteiger partial charge in [0.25, 0.3) is 0 Å². The molecule has 0 radical (unpaired) electrons. The van der Waals surface area contributed by atoms with E-state index in [1.165, 1.54) is 0 Å². The maximum atomic E-state index is 4.52. The van der Waals surface area contributed by atoms with Gasteiger partial charge in [-0.2, -0.15) is 0 Å². The number of rotatable bonds is 2. The summed E-state index contributed by atoms with van der Waals surface area (Å²) in [5.74, 6) is 1.62. The Morgan fingerprint density at radius 1 is 0.952 bits per heavy atom. The molecule has 3 rings (SSSR count). The number of piperazine rings is 1. The van der Waals surface area contributed by atoms with Gasteiger partial charge in [-0.15, -0.1) is 0 Å². The van der Waals surface area contributed by atoms with E-state index in [0.717, 1.165) is 42.9 Å². The number of nitrogens with zero attached hydrogens (tertiary/aromatic N) is 6. The number of aryl methyl sites for hydroxylation is 2. The fourth-order valence-electron chi connectivity index (χ4n) is 2.60. The molecule has 6 heteroatoms. The summed E-state index contributed by atoms with van der Waals surface area (Å²) >= 11 is 0. The van der Waals surface area contributed by atoms with Gasteiger partial charge in [-0.1, -0.05) is 0 Å². The van der Waals surface area contributed by atoms with Crippen molar-refractivity contribution >= 4 is 11.9 Å². The molecule has 6 nitrogen and oxygen atoms in total. The molecule has 1 aliphatic rings. The van der Waals surface area contributed by atoms with E-state index >= 15 is 0 Å². The van der Waals surface area contributed by atoms with Crippen LogP contribution < -0.4 is 9.80 Å². The van der Waals surface area contributed by atoms with Gasteiger partial charge in [-0.3, -0.25) is 0 Å². The minimum atomic E-state index is 0.324. The SMILES string of the molecule is Cc1ccnc(N2CCN(c3nccc(C)n3)C(C)C2)n1. The maximum Gasteiger partial charge on any atom is 0.225 e. The maximum absolute atomic E-state index is 4.52. The molecule has 1 atom stereocenters. The smallest absolute Gasteiger partial charge is 0.225 e. The third-order valence-corrected chi connectivity index (χ3v) is 3.73. The topological polar surface area (TPSA) is 58.0 Å². The van der Waals surface area contributed by atoms with E-state index in [0.29, 0.717) is 6.04 Å². The molecule has 2 aromatic rings. The normalized spacial score (nSPS) is 18.9. The number of hydrogen-bond acceptors (Lipinski definition) is 6. The van der Waals surface area contributed by atoms with Gasteiger partial charge >= 0.3 is 0 Å². The molecule has 0 saturated carbocycles. The highest BCUT2D eigenvalue weighted by Crippen LogP contribution is 2.19. The first-order chi connectivity index (χ1) is 10.1. The third kappa shape index (κ3) is 2.94. The van der Waals surface area contributed by atoms with Crippen molar-refractivity contribution in [1.29, 1.82) is 0 Å². The highest BCUT2D eigenvalue weighted by molar-refractivity contribution is 5.39. The van der Waals surface area contributed by atoms with Gasteiger partial charge in [0, 0.05) is 49.5 Å². The molecule has 1 unspecified atom stereocenters. The summed E-state index contributed by atoms with van der Waals surface area (Å²) in [5, 5.41) is 0. The van der Waals surface area contributed by atoms with Gasteiger partial charge in [0.1, 0.15) is 0 Å². The Hall–Kier alpha value is -2.24. The lowest BCUT2D eigenvalue weighted by Crippen LogP contribution is -2.53. The zero-order valence-corrected chi connectivity index (χ0v) is 12.7. The predicted molar refractivity (Wildman–Crippen MR) is 82.6 cm³/mol. The molecule has 0 N–H and O–H groups in total. The highest BCUT2D eigenvalue weighted by Gasteiger charge is 2.26. The summed E-state index contributed by atoms with van der Waals surface area (Å²) in [4.78, 5) is 22.3. The van der Waals surface area contributed by atoms with E-state index in [1.54, 1.807) is 0 Å². The average Bonchev–Trinajstić information content (AvgIpc) is 2.47. The lowest BCUT2D eigenvalue weighted by Gasteiger charge is -2.39. The average molecular weight is 284 g/mol. The molecule has 0 amide bonds. The molecule has 1 saturated heterocycles. The Bertz CT molecular complexity index is 629. The van der Waals surface area contributed by atoms with Gasteiger partial charge < -0.3 is 9.80 Å². The molecule has 2 aromatic heterocycles. The zero-order valence-electron chi connectivity index (χ0n) is 12.7. The number of hydrogen-bond donors (Lipinski definition) is 0. The van der Waals surface area contributed by atoms with Gasteiger partial charge in [0.15, 0.2) is 0 Å². The molecule has 1 fully saturated rings. The second-order valence-corrected chi connectivity index (χ2v) is 5.48. The van der Waals surface area contributed by atoms with Crippen molar-refractivity contribution in [3.05, 3.63) is 35.9 Å². The van der Waals surface area contributed by atoms with E-state index < -0.39 is 0 Å². The van der Waals surface area contributed by atoms with Gasteiger partial charge in [-0.25, -0.2) is 19.9 Å². The lowest BCUT2D eigenvalue weighted by atomic mass is 10.2. The summed E-state index contributed by atoms with van der Waals surface area (Å²) in [6.07, 6.45) is 3.64. The predicted octanol–water partition coefficient (Wildman–Crippen LogP) is 1.60. The Kier molecular flexibility index (Phi) is 3.68. The summed E-state index contributed by atoms with van der Waals surface area (Å²) in [6.45, 7) is 8.81. The van der Waals surface area contributed by atoms with Crippen LogP contribution in [0, 0.1) is 13.8 Å². The Balaban J connectivity index is 1.75. The van der Waals surface area contributed by atoms with Crippen LogP contribution in [-0.2, 0) is 0 Å². The molecule has 0 aromatic carbocycles. The van der Waals surface area contributed by atoms with Gasteiger partial charge in [0.2, 0.25) is 11.9 Å². The first-order valence-corrected chi connectivity index (χ1v) is 7.24. The number of aromatic nitrogens is 4. The summed E-state index contributed by atoms with van der Waals surface area (Å²) in [7, 11) is 0. The standard InChI is InChI=1S/C15H20N6/c1-11-4-6-16-14(18-11)20-8-9-21(13(3)10-20)15-17-7-5-12(2)19-15/h4-7,13H,8-10H2,1-3H3. The third-order valence-electron chi connectivity index (χ3n) is 3.73. The molecule has 110 valence electrons. The van der Waals surface area contributed by atoms with Crippen LogP contribution >= 0.6 is 0 Å². The van der Waals surface area contributed by atoms with E-state index in [-0.39, 0.29) is 0 Å². The lowest BCUT2D eigenvalue weighted by molar-refractivity contribution is 0.532. The van der Waals surface area contributed by atoms with Gasteiger partial charge in [0.05, 0.1) is 0 Å². The van der Waals surface area contributed by atoms with E-state index in [9.17, 15) is 0 Å². The second kappa shape index (κ2) is 5.63. The zero-order chi connectivity index (χ0) is 14.8. The van der Waals surface area contributed by atoms with Crippen molar-refractivity contribution in [1.82, 2.24) is 19.9 Å². The van der Waals surface area contributed by atoms with Crippen molar-refractivity contribution in [3.8, 4) is 0 Å². The Labute approximate surface area is 124 Å². The van der Waals surface area contributed by atoms with Crippen LogP contribution in [0.15, 0.2) is 24.5 Å². The molecule has 0 spiro atoms. The van der Waals surface area contributed by atoms with E-state index in [4.69, 9.17) is 0 Å². The van der Waals surface area contributed by atoms with Crippen molar-refractivity contribution in [2.75, 3.05) is 29.4 Å². The van der Waals surface area contributed by atoms with Crippen LogP contribution in [0.25, 0.3) is 0 Å². The van der Waals surface area contributed by atoms with Crippen molar-refractivity contribution in [3.63, 3.8) is 0 Å². The van der Waals surface area contributed by atoms with Crippen LogP contribution in [0.4, 0.5) is 11.9 Å². The minimum Gasteiger partial charge on any atom is -0.337 e. The molecular weight excluding hydrogens is 264 g/mol. The van der Waals surface area contributed by atoms with E-state index in [1.807, 2.05) is 38.4 Å². The Morgan fingerprint density at radius 3 is 2.19 bits per heavy atom. The van der Waals surface area contributed by atoms with Crippen LogP contribution in [-0.4, -0.2) is 45.6 Å². The molecule has 0 aliphatic carbocycles. The molecule has 21 heavy (non-hydrogen) atoms. The minimum absolute atomic E-state index is 0.324. The molecule has 3 heterocycles. The number of anilines is 2. The van der Waals surface area contributed by atoms with E-state index in [2.05, 4.69) is 36.7 Å². The van der Waals surface area contributed by atoms with Crippen LogP contribution in [0.5, 0.6) is 0 Å². The van der Waals surface area contributed by atoms with Crippen molar-refractivity contribution < 1.29 is 0 Å². The molecule has 0 bridgehead atoms. The molecular formula is C15H20N6. The second-order valence-electron chi connectivity index (χ2n) is 5.48. The van der Waals surface area contributed by atoms with Crippen LogP contribution in [0.1, 0.15) is 18.3 Å². The van der Waals surface area contributed by atoms with Gasteiger partial charge in [-0.05, 0) is 32.9 Å². The fraction of sp³-hybridized carbons (Fsp3) is 0.467. The van der Waals surface area contributed by atoms with Crippen molar-refractivity contribution in [2.24, 2.45) is 0 Å². The fourth-order valence-corrected chi connectivity index (χ4v) is 2.60. The first kappa shape index (κ1) is 13.7. The van der Waals surface area contributed by atoms with Crippen molar-refractivity contribution in [2.45, 2.75) is 26.8 Å². The first-order valence-electron chi connectivity index (χ1n) is 7.24. The van der Waals surface area contributed by atoms with Crippen LogP contribution in [0.3, 0.4) is 0 Å². The van der Waals surface area contributed by atoms with Crippen LogP contribution in [0.2, 0.25) is 0 Å². The highest BCUT2D eigenvalue weighted by atomic mass is 15.4. The summed E-state index contributed by atoms with van der Waals surface area (Å²) < 4.78 is 0.